The number of carbonyl (C=O) groups is 1. The highest BCUT2D eigenvalue weighted by Crippen LogP contribution is 2.67. The normalized spacial score (nSPS) is 47.3. The average molecular weight is 610 g/mol. The zero-order valence-corrected chi connectivity index (χ0v) is 26.2. The highest BCUT2D eigenvalue weighted by molar-refractivity contribution is 5.66. The molecule has 4 saturated carbocycles. The zero-order valence-electron chi connectivity index (χ0n) is 24.7. The van der Waals surface area contributed by atoms with E-state index in [0.717, 1.165) is 56.6 Å². The van der Waals surface area contributed by atoms with Gasteiger partial charge in [0.05, 0.1) is 39.0 Å². The Morgan fingerprint density at radius 3 is 2.49 bits per heavy atom. The van der Waals surface area contributed by atoms with Crippen LogP contribution in [0.3, 0.4) is 0 Å². The first-order valence-electron chi connectivity index (χ1n) is 15.9. The van der Waals surface area contributed by atoms with Crippen LogP contribution in [0, 0.1) is 34.5 Å². The second kappa shape index (κ2) is 11.3. The van der Waals surface area contributed by atoms with E-state index in [1.807, 2.05) is 0 Å². The number of nitrogens with zero attached hydrogens (tertiary/aromatic N) is 2. The van der Waals surface area contributed by atoms with Crippen LogP contribution in [-0.2, 0) is 14.3 Å². The van der Waals surface area contributed by atoms with E-state index in [1.54, 1.807) is 6.92 Å². The largest absolute Gasteiger partial charge is 1.00 e. The van der Waals surface area contributed by atoms with E-state index >= 15 is 0 Å². The summed E-state index contributed by atoms with van der Waals surface area (Å²) in [6.07, 6.45) is 12.7. The molecule has 2 aliphatic heterocycles. The van der Waals surface area contributed by atoms with Gasteiger partial charge in [0, 0.05) is 50.7 Å². The van der Waals surface area contributed by atoms with Gasteiger partial charge in [-0.15, -0.1) is 0 Å². The molecule has 39 heavy (non-hydrogen) atoms. The Hall–Kier alpha value is -0.470. The molecule has 0 amide bonds. The third-order valence-electron chi connectivity index (χ3n) is 13.1. The standard InChI is InChI=1S/C32H53N2O4.BrH/c1-5-14-34(15-6-7-16-34)28-20-26-24-9-8-23-19-29(36)27(33-12-17-37-18-13-33)21-32(23,4)25(24)10-11-31(26,3)30(28)38-22(2)35;/h5,23-30,36H,1,6-21H2,2-4H3;1H/q+1;/p-1/t23-,24+,25+,26-,27?,28?,29?,30?,31-,32-;/m0./s1. The smallest absolute Gasteiger partial charge is 0.303 e. The molecule has 0 bridgehead atoms. The van der Waals surface area contributed by atoms with Gasteiger partial charge in [0.25, 0.3) is 0 Å². The number of hydrogen-bond acceptors (Lipinski definition) is 5. The maximum atomic E-state index is 12.5. The second-order valence-electron chi connectivity index (χ2n) is 14.6. The molecule has 2 heterocycles. The molecule has 6 nitrogen and oxygen atoms in total. The molecule has 2 saturated heterocycles. The van der Waals surface area contributed by atoms with Gasteiger partial charge in [0.2, 0.25) is 0 Å². The number of fused-ring (bicyclic) bond motifs is 5. The van der Waals surface area contributed by atoms with Gasteiger partial charge in [-0.3, -0.25) is 9.69 Å². The van der Waals surface area contributed by atoms with Crippen LogP contribution < -0.4 is 17.0 Å². The molecule has 222 valence electrons. The molecule has 1 N–H and O–H groups in total. The molecule has 4 aliphatic carbocycles. The molecule has 6 fully saturated rings. The van der Waals surface area contributed by atoms with Crippen molar-refractivity contribution in [1.29, 1.82) is 0 Å². The van der Waals surface area contributed by atoms with Gasteiger partial charge < -0.3 is 36.0 Å². The number of esters is 1. The maximum absolute atomic E-state index is 12.5. The van der Waals surface area contributed by atoms with Crippen molar-refractivity contribution in [3.8, 4) is 0 Å². The highest BCUT2D eigenvalue weighted by Gasteiger charge is 2.67. The Morgan fingerprint density at radius 2 is 1.82 bits per heavy atom. The van der Waals surface area contributed by atoms with E-state index in [2.05, 4.69) is 31.4 Å². The van der Waals surface area contributed by atoms with E-state index in [1.165, 1.54) is 51.6 Å². The molecule has 7 heteroatoms. The van der Waals surface area contributed by atoms with Crippen LogP contribution in [0.4, 0.5) is 0 Å². The molecule has 6 aliphatic rings. The summed E-state index contributed by atoms with van der Waals surface area (Å²) >= 11 is 0. The molecular formula is C32H53BrN2O4. The van der Waals surface area contributed by atoms with Crippen molar-refractivity contribution in [2.45, 2.75) is 103 Å². The summed E-state index contributed by atoms with van der Waals surface area (Å²) in [5, 5.41) is 11.3. The van der Waals surface area contributed by atoms with Gasteiger partial charge in [-0.05, 0) is 73.7 Å². The van der Waals surface area contributed by atoms with Crippen molar-refractivity contribution >= 4 is 5.97 Å². The summed E-state index contributed by atoms with van der Waals surface area (Å²) in [6.45, 7) is 17.7. The van der Waals surface area contributed by atoms with Gasteiger partial charge in [0.15, 0.2) is 6.10 Å². The Balaban J connectivity index is 0.00000308. The number of aliphatic hydroxyl groups is 1. The van der Waals surface area contributed by atoms with E-state index < -0.39 is 0 Å². The predicted molar refractivity (Wildman–Crippen MR) is 148 cm³/mol. The molecule has 0 aromatic heterocycles. The van der Waals surface area contributed by atoms with E-state index in [-0.39, 0.29) is 52.0 Å². The lowest BCUT2D eigenvalue weighted by molar-refractivity contribution is -0.937. The number of carbonyl (C=O) groups excluding carboxylic acids is 1. The van der Waals surface area contributed by atoms with Gasteiger partial charge in [-0.2, -0.15) is 0 Å². The molecule has 0 radical (unpaired) electrons. The van der Waals surface area contributed by atoms with Crippen molar-refractivity contribution in [2.75, 3.05) is 45.9 Å². The first-order valence-corrected chi connectivity index (χ1v) is 15.9. The summed E-state index contributed by atoms with van der Waals surface area (Å²) in [5.41, 5.74) is 0.343. The Kier molecular flexibility index (Phi) is 8.70. The fraction of sp³-hybridized carbons (Fsp3) is 0.906. The number of ether oxygens (including phenoxy) is 2. The first kappa shape index (κ1) is 30.0. The number of aliphatic hydroxyl groups excluding tert-OH is 1. The minimum absolute atomic E-state index is 0. The van der Waals surface area contributed by atoms with Crippen molar-refractivity contribution in [1.82, 2.24) is 4.90 Å². The highest BCUT2D eigenvalue weighted by atomic mass is 79.9. The summed E-state index contributed by atoms with van der Waals surface area (Å²) in [7, 11) is 0. The summed E-state index contributed by atoms with van der Waals surface area (Å²) in [6, 6.07) is 0.663. The van der Waals surface area contributed by atoms with Crippen molar-refractivity contribution < 1.29 is 40.8 Å². The molecule has 0 spiro atoms. The fourth-order valence-electron chi connectivity index (χ4n) is 11.3. The quantitative estimate of drug-likeness (QED) is 0.291. The van der Waals surface area contributed by atoms with Crippen LogP contribution in [0.2, 0.25) is 0 Å². The van der Waals surface area contributed by atoms with Gasteiger partial charge in [-0.1, -0.05) is 20.4 Å². The fourth-order valence-corrected chi connectivity index (χ4v) is 11.3. The van der Waals surface area contributed by atoms with Crippen LogP contribution in [0.1, 0.15) is 78.6 Å². The number of quaternary nitrogens is 1. The topological polar surface area (TPSA) is 59.0 Å². The number of halogens is 1. The second-order valence-corrected chi connectivity index (χ2v) is 14.6. The Bertz CT molecular complexity index is 905. The number of hydrogen-bond donors (Lipinski definition) is 1. The van der Waals surface area contributed by atoms with Crippen LogP contribution in [0.15, 0.2) is 12.7 Å². The zero-order chi connectivity index (χ0) is 26.7. The van der Waals surface area contributed by atoms with E-state index in [4.69, 9.17) is 9.47 Å². The van der Waals surface area contributed by atoms with Crippen molar-refractivity contribution in [2.24, 2.45) is 34.5 Å². The van der Waals surface area contributed by atoms with E-state index in [9.17, 15) is 9.90 Å². The van der Waals surface area contributed by atoms with Crippen LogP contribution in [-0.4, -0.2) is 90.7 Å². The summed E-state index contributed by atoms with van der Waals surface area (Å²) in [4.78, 5) is 15.0. The molecular weight excluding hydrogens is 556 g/mol. The lowest BCUT2D eigenvalue weighted by Gasteiger charge is -2.62. The maximum Gasteiger partial charge on any atom is 0.303 e. The van der Waals surface area contributed by atoms with Gasteiger partial charge in [-0.25, -0.2) is 0 Å². The predicted octanol–water partition coefficient (Wildman–Crippen LogP) is 1.41. The van der Waals surface area contributed by atoms with Gasteiger partial charge in [0.1, 0.15) is 6.04 Å². The van der Waals surface area contributed by atoms with E-state index in [0.29, 0.717) is 29.7 Å². The number of morpholine rings is 1. The number of rotatable bonds is 5. The lowest BCUT2D eigenvalue weighted by Crippen LogP contribution is -3.00. The lowest BCUT2D eigenvalue weighted by atomic mass is 9.44. The van der Waals surface area contributed by atoms with Crippen LogP contribution >= 0.6 is 0 Å². The Morgan fingerprint density at radius 1 is 1.10 bits per heavy atom. The minimum atomic E-state index is -0.209. The number of likely N-dealkylation sites (tertiary alicyclic amines) is 1. The summed E-state index contributed by atoms with van der Waals surface area (Å²) < 4.78 is 13.1. The Labute approximate surface area is 247 Å². The molecule has 10 atom stereocenters. The third-order valence-corrected chi connectivity index (χ3v) is 13.1. The molecule has 0 aromatic rings. The third kappa shape index (κ3) is 4.88. The van der Waals surface area contributed by atoms with Crippen molar-refractivity contribution in [3.05, 3.63) is 12.7 Å². The van der Waals surface area contributed by atoms with Gasteiger partial charge >= 0.3 is 5.97 Å². The average Bonchev–Trinajstić information content (AvgIpc) is 3.48. The molecule has 4 unspecified atom stereocenters. The summed E-state index contributed by atoms with van der Waals surface area (Å²) in [5.74, 6) is 2.54. The SMILES string of the molecule is C=CC[N+]1(C2C[C@H]3[C@@H]4CC[C@H]5CC(O)C(N6CCOCC6)C[C@]5(C)[C@@H]4CC[C@]3(C)C2OC(C)=O)CCCC1.[Br-]. The molecule has 6 rings (SSSR count). The van der Waals surface area contributed by atoms with Crippen molar-refractivity contribution in [3.63, 3.8) is 0 Å². The minimum Gasteiger partial charge on any atom is -1.00 e. The molecule has 0 aromatic carbocycles. The van der Waals surface area contributed by atoms with Crippen LogP contribution in [0.5, 0.6) is 0 Å². The monoisotopic (exact) mass is 608 g/mol. The first-order chi connectivity index (χ1) is 18.2. The van der Waals surface area contributed by atoms with Crippen LogP contribution in [0.25, 0.3) is 0 Å².